The third-order valence-electron chi connectivity index (χ3n) is 2.01. The number of halogens is 1. The van der Waals surface area contributed by atoms with Gasteiger partial charge in [-0.3, -0.25) is 14.9 Å². The van der Waals surface area contributed by atoms with Gasteiger partial charge in [0, 0.05) is 18.4 Å². The predicted octanol–water partition coefficient (Wildman–Crippen LogP) is 2.45. The van der Waals surface area contributed by atoms with Crippen LogP contribution >= 0.6 is 27.7 Å². The monoisotopic (exact) mass is 318 g/mol. The van der Waals surface area contributed by atoms with Gasteiger partial charge >= 0.3 is 0 Å². The highest BCUT2D eigenvalue weighted by Crippen LogP contribution is 2.28. The number of hydrogen-bond acceptors (Lipinski definition) is 4. The smallest absolute Gasteiger partial charge is 0.284 e. The molecule has 0 fully saturated rings. The van der Waals surface area contributed by atoms with E-state index in [0.29, 0.717) is 6.54 Å². The highest BCUT2D eigenvalue weighted by molar-refractivity contribution is 9.10. The van der Waals surface area contributed by atoms with Crippen LogP contribution in [-0.2, 0) is 0 Å². The fraction of sp³-hybridized carbons (Fsp3) is 0.300. The lowest BCUT2D eigenvalue weighted by molar-refractivity contribution is -0.385. The lowest BCUT2D eigenvalue weighted by atomic mass is 10.2. The molecule has 0 unspecified atom stereocenters. The first kappa shape index (κ1) is 14.0. The Balaban J connectivity index is 2.87. The van der Waals surface area contributed by atoms with Gasteiger partial charge < -0.3 is 5.32 Å². The van der Waals surface area contributed by atoms with Crippen molar-refractivity contribution in [3.8, 4) is 0 Å². The second-order valence-corrected chi connectivity index (χ2v) is 4.92. The molecule has 0 aliphatic carbocycles. The molecule has 1 rings (SSSR count). The van der Waals surface area contributed by atoms with Crippen LogP contribution in [0.1, 0.15) is 10.4 Å². The molecule has 0 atom stereocenters. The molecule has 0 aliphatic rings. The zero-order valence-electron chi connectivity index (χ0n) is 9.10. The number of nitro benzene ring substituents is 1. The van der Waals surface area contributed by atoms with Crippen LogP contribution in [-0.4, -0.2) is 29.4 Å². The van der Waals surface area contributed by atoms with Gasteiger partial charge in [0.25, 0.3) is 11.6 Å². The molecule has 1 aromatic carbocycles. The summed E-state index contributed by atoms with van der Waals surface area (Å²) in [5.41, 5.74) is 0.169. The summed E-state index contributed by atoms with van der Waals surface area (Å²) in [4.78, 5) is 21.9. The zero-order valence-corrected chi connectivity index (χ0v) is 11.5. The molecule has 7 heteroatoms. The van der Waals surface area contributed by atoms with Crippen LogP contribution in [0.3, 0.4) is 0 Å². The van der Waals surface area contributed by atoms with Crippen LogP contribution in [0.15, 0.2) is 22.7 Å². The van der Waals surface area contributed by atoms with Gasteiger partial charge in [0.05, 0.1) is 10.5 Å². The Morgan fingerprint density at radius 3 is 2.88 bits per heavy atom. The number of thioether (sulfide) groups is 1. The first-order valence-electron chi connectivity index (χ1n) is 4.78. The van der Waals surface area contributed by atoms with Crippen LogP contribution in [0.5, 0.6) is 0 Å². The van der Waals surface area contributed by atoms with E-state index in [1.807, 2.05) is 6.26 Å². The number of carbonyl (C=O) groups is 1. The molecule has 0 radical (unpaired) electrons. The highest BCUT2D eigenvalue weighted by atomic mass is 79.9. The normalized spacial score (nSPS) is 10.0. The van der Waals surface area contributed by atoms with E-state index in [4.69, 9.17) is 0 Å². The third kappa shape index (κ3) is 3.71. The maximum atomic E-state index is 11.7. The Morgan fingerprint density at radius 2 is 2.29 bits per heavy atom. The Bertz CT molecular complexity index is 440. The van der Waals surface area contributed by atoms with Gasteiger partial charge in [0.15, 0.2) is 0 Å². The minimum atomic E-state index is -0.525. The molecule has 0 saturated carbocycles. The van der Waals surface area contributed by atoms with E-state index in [0.717, 1.165) is 5.75 Å². The van der Waals surface area contributed by atoms with Crippen LogP contribution in [0.25, 0.3) is 0 Å². The van der Waals surface area contributed by atoms with Gasteiger partial charge in [-0.1, -0.05) is 6.07 Å². The summed E-state index contributed by atoms with van der Waals surface area (Å²) in [6, 6.07) is 4.39. The van der Waals surface area contributed by atoms with E-state index in [9.17, 15) is 14.9 Å². The number of benzene rings is 1. The zero-order chi connectivity index (χ0) is 12.8. The Labute approximate surface area is 111 Å². The van der Waals surface area contributed by atoms with E-state index >= 15 is 0 Å². The molecule has 0 bridgehead atoms. The van der Waals surface area contributed by atoms with Crippen LogP contribution in [0, 0.1) is 10.1 Å². The molecule has 0 aromatic heterocycles. The van der Waals surface area contributed by atoms with E-state index in [2.05, 4.69) is 21.2 Å². The van der Waals surface area contributed by atoms with Gasteiger partial charge in [-0.05, 0) is 28.3 Å². The van der Waals surface area contributed by atoms with Crippen LogP contribution in [0.2, 0.25) is 0 Å². The van der Waals surface area contributed by atoms with Crippen molar-refractivity contribution < 1.29 is 9.72 Å². The number of hydrogen-bond donors (Lipinski definition) is 1. The number of nitrogens with zero attached hydrogens (tertiary/aromatic N) is 1. The van der Waals surface area contributed by atoms with Crippen molar-refractivity contribution >= 4 is 39.3 Å². The SMILES string of the molecule is CSCCNC(=O)c1cccc([N+](=O)[O-])c1Br. The molecule has 1 amide bonds. The molecule has 0 spiro atoms. The number of carbonyl (C=O) groups excluding carboxylic acids is 1. The van der Waals surface area contributed by atoms with E-state index < -0.39 is 4.92 Å². The highest BCUT2D eigenvalue weighted by Gasteiger charge is 2.18. The second-order valence-electron chi connectivity index (χ2n) is 3.14. The van der Waals surface area contributed by atoms with Crippen molar-refractivity contribution in [3.05, 3.63) is 38.3 Å². The van der Waals surface area contributed by atoms with Gasteiger partial charge in [-0.15, -0.1) is 0 Å². The summed E-state index contributed by atoms with van der Waals surface area (Å²) in [5.74, 6) is 0.493. The van der Waals surface area contributed by atoms with Crippen molar-refractivity contribution in [2.45, 2.75) is 0 Å². The van der Waals surface area contributed by atoms with Gasteiger partial charge in [-0.25, -0.2) is 0 Å². The van der Waals surface area contributed by atoms with Gasteiger partial charge in [-0.2, -0.15) is 11.8 Å². The Morgan fingerprint density at radius 1 is 1.59 bits per heavy atom. The molecular formula is C10H11BrN2O3S. The summed E-state index contributed by atoms with van der Waals surface area (Å²) in [6.45, 7) is 0.537. The summed E-state index contributed by atoms with van der Waals surface area (Å²) in [6.07, 6.45) is 1.94. The van der Waals surface area contributed by atoms with E-state index in [1.54, 1.807) is 17.8 Å². The lowest BCUT2D eigenvalue weighted by Crippen LogP contribution is -2.26. The molecule has 0 heterocycles. The lowest BCUT2D eigenvalue weighted by Gasteiger charge is -2.06. The Hall–Kier alpha value is -1.08. The number of nitrogens with one attached hydrogen (secondary N) is 1. The standard InChI is InChI=1S/C10H11BrN2O3S/c1-17-6-5-12-10(14)7-3-2-4-8(9(7)11)13(15)16/h2-4H,5-6H2,1H3,(H,12,14). The van der Waals surface area contributed by atoms with Crippen molar-refractivity contribution in [3.63, 3.8) is 0 Å². The van der Waals surface area contributed by atoms with Gasteiger partial charge in [0.1, 0.15) is 4.47 Å². The summed E-state index contributed by atoms with van der Waals surface area (Å²) < 4.78 is 0.214. The third-order valence-corrected chi connectivity index (χ3v) is 3.46. The maximum absolute atomic E-state index is 11.7. The first-order valence-corrected chi connectivity index (χ1v) is 6.96. The minimum absolute atomic E-state index is 0.109. The number of amides is 1. The quantitative estimate of drug-likeness (QED) is 0.514. The van der Waals surface area contributed by atoms with Crippen LogP contribution in [0.4, 0.5) is 5.69 Å². The van der Waals surface area contributed by atoms with Crippen molar-refractivity contribution in [1.29, 1.82) is 0 Å². The molecule has 1 N–H and O–H groups in total. The molecule has 0 aliphatic heterocycles. The van der Waals surface area contributed by atoms with E-state index in [-0.39, 0.29) is 21.6 Å². The molecule has 17 heavy (non-hydrogen) atoms. The summed E-state index contributed by atoms with van der Waals surface area (Å²) in [5, 5.41) is 13.4. The number of nitro groups is 1. The fourth-order valence-corrected chi connectivity index (χ4v) is 2.09. The average Bonchev–Trinajstić information content (AvgIpc) is 2.29. The molecule has 92 valence electrons. The predicted molar refractivity (Wildman–Crippen MR) is 71.5 cm³/mol. The topological polar surface area (TPSA) is 72.2 Å². The maximum Gasteiger partial charge on any atom is 0.284 e. The minimum Gasteiger partial charge on any atom is -0.351 e. The van der Waals surface area contributed by atoms with Crippen LogP contribution < -0.4 is 5.32 Å². The fourth-order valence-electron chi connectivity index (χ4n) is 1.20. The summed E-state index contributed by atoms with van der Waals surface area (Å²) >= 11 is 4.70. The van der Waals surface area contributed by atoms with Crippen molar-refractivity contribution in [1.82, 2.24) is 5.32 Å². The molecular weight excluding hydrogens is 308 g/mol. The van der Waals surface area contributed by atoms with Crippen molar-refractivity contribution in [2.75, 3.05) is 18.6 Å². The molecule has 0 saturated heterocycles. The molecule has 5 nitrogen and oxygen atoms in total. The number of rotatable bonds is 5. The first-order chi connectivity index (χ1) is 8.07. The van der Waals surface area contributed by atoms with E-state index in [1.165, 1.54) is 12.1 Å². The van der Waals surface area contributed by atoms with Gasteiger partial charge in [0.2, 0.25) is 0 Å². The molecule has 1 aromatic rings. The second kappa shape index (κ2) is 6.61. The van der Waals surface area contributed by atoms with Crippen molar-refractivity contribution in [2.24, 2.45) is 0 Å². The summed E-state index contributed by atoms with van der Waals surface area (Å²) in [7, 11) is 0. The Kier molecular flexibility index (Phi) is 5.43. The average molecular weight is 319 g/mol. The largest absolute Gasteiger partial charge is 0.351 e.